The van der Waals surface area contributed by atoms with Crippen molar-refractivity contribution in [1.29, 1.82) is 0 Å². The molecule has 3 heterocycles. The lowest BCUT2D eigenvalue weighted by molar-refractivity contribution is 0.0962. The Balaban J connectivity index is 1.50. The second-order valence-corrected chi connectivity index (χ2v) is 6.91. The second kappa shape index (κ2) is 7.92. The molecule has 0 saturated carbocycles. The van der Waals surface area contributed by atoms with Crippen LogP contribution in [0.1, 0.15) is 28.7 Å². The van der Waals surface area contributed by atoms with Crippen LogP contribution in [0.2, 0.25) is 0 Å². The number of aromatic nitrogens is 3. The van der Waals surface area contributed by atoms with E-state index >= 15 is 0 Å². The highest BCUT2D eigenvalue weighted by Gasteiger charge is 2.23. The van der Waals surface area contributed by atoms with Crippen molar-refractivity contribution < 1.29 is 4.74 Å². The molecule has 0 radical (unpaired) electrons. The SMILES string of the molecule is COCc1nnc(CN2CCN(C(C)c3ccccn3)CC2)s1. The largest absolute Gasteiger partial charge is 0.377 e. The predicted molar refractivity (Wildman–Crippen MR) is 90.1 cm³/mol. The smallest absolute Gasteiger partial charge is 0.143 e. The lowest BCUT2D eigenvalue weighted by Crippen LogP contribution is -2.46. The van der Waals surface area contributed by atoms with Crippen molar-refractivity contribution >= 4 is 11.3 Å². The number of methoxy groups -OCH3 is 1. The van der Waals surface area contributed by atoms with Gasteiger partial charge in [-0.2, -0.15) is 0 Å². The summed E-state index contributed by atoms with van der Waals surface area (Å²) in [5.41, 5.74) is 1.15. The van der Waals surface area contributed by atoms with Crippen molar-refractivity contribution in [3.8, 4) is 0 Å². The molecule has 1 saturated heterocycles. The molecule has 0 aliphatic carbocycles. The van der Waals surface area contributed by atoms with Gasteiger partial charge in [0.2, 0.25) is 0 Å². The van der Waals surface area contributed by atoms with Crippen LogP contribution in [-0.2, 0) is 17.9 Å². The molecule has 0 N–H and O–H groups in total. The average Bonchev–Trinajstić information content (AvgIpc) is 3.03. The van der Waals surface area contributed by atoms with Gasteiger partial charge in [-0.3, -0.25) is 14.8 Å². The fourth-order valence-electron chi connectivity index (χ4n) is 2.84. The molecule has 6 nitrogen and oxygen atoms in total. The fraction of sp³-hybridized carbons (Fsp3) is 0.562. The number of piperazine rings is 1. The fourth-order valence-corrected chi connectivity index (χ4v) is 3.70. The van der Waals surface area contributed by atoms with Crippen LogP contribution >= 0.6 is 11.3 Å². The minimum Gasteiger partial charge on any atom is -0.377 e. The van der Waals surface area contributed by atoms with E-state index in [0.29, 0.717) is 12.6 Å². The Morgan fingerprint density at radius 2 is 1.96 bits per heavy atom. The van der Waals surface area contributed by atoms with Crippen molar-refractivity contribution in [2.45, 2.75) is 26.1 Å². The van der Waals surface area contributed by atoms with Crippen LogP contribution in [0.15, 0.2) is 24.4 Å². The molecular formula is C16H23N5OS. The number of ether oxygens (including phenoxy) is 1. The van der Waals surface area contributed by atoms with Crippen LogP contribution < -0.4 is 0 Å². The van der Waals surface area contributed by atoms with Gasteiger partial charge in [-0.15, -0.1) is 10.2 Å². The molecule has 124 valence electrons. The molecule has 1 unspecified atom stereocenters. The Hall–Kier alpha value is -1.41. The molecule has 2 aromatic heterocycles. The Morgan fingerprint density at radius 1 is 1.17 bits per heavy atom. The standard InChI is InChI=1S/C16H23N5OS/c1-13(14-5-3-4-6-17-14)21-9-7-20(8-10-21)11-15-18-19-16(23-15)12-22-2/h3-6,13H,7-12H2,1-2H3. The van der Waals surface area contributed by atoms with E-state index < -0.39 is 0 Å². The minimum absolute atomic E-state index is 0.369. The molecule has 2 aromatic rings. The van der Waals surface area contributed by atoms with Gasteiger partial charge in [-0.25, -0.2) is 0 Å². The van der Waals surface area contributed by atoms with Crippen LogP contribution in [0, 0.1) is 0 Å². The van der Waals surface area contributed by atoms with Gasteiger partial charge < -0.3 is 4.74 Å². The van der Waals surface area contributed by atoms with E-state index in [-0.39, 0.29) is 0 Å². The molecule has 1 aliphatic heterocycles. The Bertz CT molecular complexity index is 598. The molecule has 0 aromatic carbocycles. The minimum atomic E-state index is 0.369. The third-order valence-electron chi connectivity index (χ3n) is 4.21. The number of rotatable bonds is 6. The van der Waals surface area contributed by atoms with Crippen molar-refractivity contribution in [3.05, 3.63) is 40.1 Å². The molecule has 1 fully saturated rings. The zero-order chi connectivity index (χ0) is 16.1. The van der Waals surface area contributed by atoms with E-state index in [2.05, 4.69) is 44.0 Å². The van der Waals surface area contributed by atoms with Gasteiger partial charge in [-0.05, 0) is 19.1 Å². The summed E-state index contributed by atoms with van der Waals surface area (Å²) in [6.45, 7) is 7.88. The highest BCUT2D eigenvalue weighted by atomic mass is 32.1. The van der Waals surface area contributed by atoms with E-state index in [1.807, 2.05) is 12.3 Å². The maximum Gasteiger partial charge on any atom is 0.143 e. The van der Waals surface area contributed by atoms with Crippen molar-refractivity contribution in [1.82, 2.24) is 25.0 Å². The van der Waals surface area contributed by atoms with Gasteiger partial charge in [-0.1, -0.05) is 17.4 Å². The third-order valence-corrected chi connectivity index (χ3v) is 5.09. The lowest BCUT2D eigenvalue weighted by Gasteiger charge is -2.37. The Morgan fingerprint density at radius 3 is 2.65 bits per heavy atom. The quantitative estimate of drug-likeness (QED) is 0.805. The Labute approximate surface area is 141 Å². The van der Waals surface area contributed by atoms with E-state index in [0.717, 1.165) is 48.4 Å². The maximum absolute atomic E-state index is 5.10. The van der Waals surface area contributed by atoms with Gasteiger partial charge in [0, 0.05) is 45.5 Å². The summed E-state index contributed by atoms with van der Waals surface area (Å²) in [5.74, 6) is 0. The predicted octanol–water partition coefficient (Wildman–Crippen LogP) is 1.96. The van der Waals surface area contributed by atoms with Crippen LogP contribution in [-0.4, -0.2) is 58.3 Å². The first-order valence-corrected chi connectivity index (χ1v) is 8.75. The summed E-state index contributed by atoms with van der Waals surface area (Å²) in [7, 11) is 1.68. The topological polar surface area (TPSA) is 54.4 Å². The average molecular weight is 333 g/mol. The Kier molecular flexibility index (Phi) is 5.66. The zero-order valence-electron chi connectivity index (χ0n) is 13.7. The summed E-state index contributed by atoms with van der Waals surface area (Å²) in [4.78, 5) is 9.42. The van der Waals surface area contributed by atoms with Crippen LogP contribution in [0.3, 0.4) is 0 Å². The summed E-state index contributed by atoms with van der Waals surface area (Å²) in [6, 6.07) is 6.50. The molecule has 23 heavy (non-hydrogen) atoms. The summed E-state index contributed by atoms with van der Waals surface area (Å²) in [5, 5.41) is 10.4. The van der Waals surface area contributed by atoms with Crippen LogP contribution in [0.25, 0.3) is 0 Å². The molecule has 0 spiro atoms. The first-order chi connectivity index (χ1) is 11.3. The summed E-state index contributed by atoms with van der Waals surface area (Å²) >= 11 is 1.64. The third kappa shape index (κ3) is 4.32. The normalized spacial score (nSPS) is 18.2. The van der Waals surface area contributed by atoms with Gasteiger partial charge in [0.05, 0.1) is 18.8 Å². The molecular weight excluding hydrogens is 310 g/mol. The molecule has 1 aliphatic rings. The molecule has 1 atom stereocenters. The summed E-state index contributed by atoms with van der Waals surface area (Å²) < 4.78 is 5.10. The van der Waals surface area contributed by atoms with Crippen LogP contribution in [0.4, 0.5) is 0 Å². The first-order valence-electron chi connectivity index (χ1n) is 7.94. The van der Waals surface area contributed by atoms with Gasteiger partial charge in [0.1, 0.15) is 10.0 Å². The molecule has 3 rings (SSSR count). The number of nitrogens with zero attached hydrogens (tertiary/aromatic N) is 5. The van der Waals surface area contributed by atoms with E-state index in [1.54, 1.807) is 18.4 Å². The summed E-state index contributed by atoms with van der Waals surface area (Å²) in [6.07, 6.45) is 1.87. The number of pyridine rings is 1. The maximum atomic E-state index is 5.10. The molecule has 0 bridgehead atoms. The van der Waals surface area contributed by atoms with Crippen molar-refractivity contribution in [2.75, 3.05) is 33.3 Å². The van der Waals surface area contributed by atoms with Gasteiger partial charge in [0.15, 0.2) is 0 Å². The van der Waals surface area contributed by atoms with E-state index in [4.69, 9.17) is 4.74 Å². The van der Waals surface area contributed by atoms with Gasteiger partial charge >= 0.3 is 0 Å². The van der Waals surface area contributed by atoms with E-state index in [9.17, 15) is 0 Å². The first kappa shape index (κ1) is 16.4. The highest BCUT2D eigenvalue weighted by Crippen LogP contribution is 2.20. The zero-order valence-corrected chi connectivity index (χ0v) is 14.5. The van der Waals surface area contributed by atoms with E-state index in [1.165, 1.54) is 0 Å². The number of hydrogen-bond acceptors (Lipinski definition) is 7. The highest BCUT2D eigenvalue weighted by molar-refractivity contribution is 7.11. The van der Waals surface area contributed by atoms with Crippen molar-refractivity contribution in [2.24, 2.45) is 0 Å². The van der Waals surface area contributed by atoms with Gasteiger partial charge in [0.25, 0.3) is 0 Å². The van der Waals surface area contributed by atoms with Crippen LogP contribution in [0.5, 0.6) is 0 Å². The number of hydrogen-bond donors (Lipinski definition) is 0. The molecule has 0 amide bonds. The van der Waals surface area contributed by atoms with Crippen molar-refractivity contribution in [3.63, 3.8) is 0 Å². The monoisotopic (exact) mass is 333 g/mol. The molecule has 7 heteroatoms. The lowest BCUT2D eigenvalue weighted by atomic mass is 10.1. The second-order valence-electron chi connectivity index (χ2n) is 5.77.